The third kappa shape index (κ3) is 7.03. The van der Waals surface area contributed by atoms with E-state index in [4.69, 9.17) is 26.8 Å². The Morgan fingerprint density at radius 3 is 2.61 bits per heavy atom. The summed E-state index contributed by atoms with van der Waals surface area (Å²) in [5.41, 5.74) is 6.80. The molecule has 2 aliphatic rings. The average molecular weight is 553 g/mol. The van der Waals surface area contributed by atoms with E-state index >= 15 is 0 Å². The number of hydrogen-bond acceptors (Lipinski definition) is 8. The van der Waals surface area contributed by atoms with Gasteiger partial charge in [0.05, 0.1) is 38.9 Å². The Hall–Kier alpha value is -2.70. The third-order valence-corrected chi connectivity index (χ3v) is 7.87. The van der Waals surface area contributed by atoms with E-state index in [1.165, 1.54) is 24.3 Å². The SMILES string of the molecule is [2H]C1([2H])CO[C@]2([2H])OC[C@]([2H])(OC(=O)N[C@@H](Cc3ccccc3)[C@H](O)CN(CC(C)C)S(=O)(=O)c3ccc(N)cc3)[C@]12[2H]. The largest absolute Gasteiger partial charge is 0.443 e. The molecule has 0 unspecified atom stereocenters. The number of nitrogens with two attached hydrogens (primary N) is 1. The van der Waals surface area contributed by atoms with Gasteiger partial charge in [-0.15, -0.1) is 0 Å². The Morgan fingerprint density at radius 1 is 1.21 bits per heavy atom. The zero-order valence-corrected chi connectivity index (χ0v) is 22.1. The molecule has 0 saturated carbocycles. The number of carbonyl (C=O) groups excluding carboxylic acids is 1. The Balaban J connectivity index is 1.59. The zero-order valence-electron chi connectivity index (χ0n) is 26.3. The monoisotopic (exact) mass is 552 g/mol. The molecule has 0 radical (unpaired) electrons. The number of nitrogens with one attached hydrogen (secondary N) is 1. The lowest BCUT2D eigenvalue weighted by molar-refractivity contribution is -0.0907. The van der Waals surface area contributed by atoms with Gasteiger partial charge in [-0.3, -0.25) is 0 Å². The normalized spacial score (nSPS) is 31.9. The average Bonchev–Trinajstić information content (AvgIpc) is 3.26. The first-order valence-electron chi connectivity index (χ1n) is 14.8. The fourth-order valence-electron chi connectivity index (χ4n) is 4.17. The van der Waals surface area contributed by atoms with Crippen molar-refractivity contribution in [3.63, 3.8) is 0 Å². The van der Waals surface area contributed by atoms with Crippen molar-refractivity contribution in [2.45, 2.75) is 56.0 Å². The van der Waals surface area contributed by atoms with Crippen molar-refractivity contribution in [1.82, 2.24) is 9.62 Å². The number of amides is 1. The van der Waals surface area contributed by atoms with Gasteiger partial charge in [0.25, 0.3) is 0 Å². The third-order valence-electron chi connectivity index (χ3n) is 6.03. The van der Waals surface area contributed by atoms with E-state index in [-0.39, 0.29) is 23.8 Å². The van der Waals surface area contributed by atoms with Gasteiger partial charge in [0.15, 0.2) is 6.27 Å². The van der Waals surface area contributed by atoms with Crippen LogP contribution < -0.4 is 11.1 Å². The van der Waals surface area contributed by atoms with Crippen molar-refractivity contribution in [3.8, 4) is 0 Å². The second kappa shape index (κ2) is 12.4. The smallest absolute Gasteiger partial charge is 0.407 e. The molecule has 2 aromatic rings. The maximum absolute atomic E-state index is 13.6. The lowest BCUT2D eigenvalue weighted by Gasteiger charge is -2.31. The van der Waals surface area contributed by atoms with Gasteiger partial charge in [-0.1, -0.05) is 44.2 Å². The van der Waals surface area contributed by atoms with Crippen LogP contribution in [0.3, 0.4) is 0 Å². The number of rotatable bonds is 11. The van der Waals surface area contributed by atoms with Crippen LogP contribution in [-0.2, 0) is 30.7 Å². The van der Waals surface area contributed by atoms with Gasteiger partial charge in [-0.05, 0) is 48.5 Å². The Bertz CT molecular complexity index is 1410. The molecule has 10 nitrogen and oxygen atoms in total. The molecule has 2 fully saturated rings. The predicted octanol–water partition coefficient (Wildman–Crippen LogP) is 2.38. The predicted molar refractivity (Wildman–Crippen MR) is 142 cm³/mol. The highest BCUT2D eigenvalue weighted by Gasteiger charge is 2.44. The number of hydrogen-bond donors (Lipinski definition) is 3. The highest BCUT2D eigenvalue weighted by atomic mass is 32.2. The van der Waals surface area contributed by atoms with Crippen molar-refractivity contribution in [3.05, 3.63) is 60.2 Å². The number of nitrogen functional groups attached to an aromatic ring is 1. The summed E-state index contributed by atoms with van der Waals surface area (Å²) in [6, 6.07) is 13.3. The summed E-state index contributed by atoms with van der Waals surface area (Å²) in [4.78, 5) is 13.2. The number of sulfonamides is 1. The molecule has 11 heteroatoms. The summed E-state index contributed by atoms with van der Waals surface area (Å²) >= 11 is 0. The number of alkyl carbamates (subject to hydrolysis) is 1. The van der Waals surface area contributed by atoms with Crippen LogP contribution in [0.1, 0.15) is 32.6 Å². The maximum atomic E-state index is 13.6. The number of aliphatic hydroxyl groups is 1. The van der Waals surface area contributed by atoms with E-state index in [1.807, 2.05) is 13.8 Å². The van der Waals surface area contributed by atoms with E-state index in [9.17, 15) is 18.3 Å². The number of ether oxygens (including phenoxy) is 3. The highest BCUT2D eigenvalue weighted by Crippen LogP contribution is 2.33. The Kier molecular flexibility index (Phi) is 7.25. The van der Waals surface area contributed by atoms with E-state index in [2.05, 4.69) is 5.32 Å². The lowest BCUT2D eigenvalue weighted by Crippen LogP contribution is -2.51. The van der Waals surface area contributed by atoms with Crippen LogP contribution in [0, 0.1) is 11.8 Å². The standard InChI is InChI=1S/C27H37N3O7S/c1-18(2)15-30(38(33,34)21-10-8-20(28)9-11-21)16-24(31)23(14-19-6-4-3-5-7-19)29-27(32)37-25-17-36-26-22(25)12-13-35-26/h3-11,18,22-26,31H,12-17,28H2,1-2H3,(H,29,32)/t22-,23-,24+,25-,26+/m0/s1/i12D2,22D,25D,26D. The summed E-state index contributed by atoms with van der Waals surface area (Å²) < 4.78 is 85.7. The fraction of sp³-hybridized carbons (Fsp3) is 0.519. The van der Waals surface area contributed by atoms with Crippen LogP contribution in [-0.4, -0.2) is 74.7 Å². The van der Waals surface area contributed by atoms with Crippen molar-refractivity contribution >= 4 is 21.8 Å². The first-order valence-corrected chi connectivity index (χ1v) is 13.7. The zero-order chi connectivity index (χ0) is 31.8. The quantitative estimate of drug-likeness (QED) is 0.361. The van der Waals surface area contributed by atoms with Crippen LogP contribution in [0.25, 0.3) is 0 Å². The molecule has 1 amide bonds. The maximum Gasteiger partial charge on any atom is 0.407 e. The molecular weight excluding hydrogens is 510 g/mol. The van der Waals surface area contributed by atoms with Gasteiger partial charge in [0.1, 0.15) is 6.08 Å². The second-order valence-corrected chi connectivity index (χ2v) is 11.5. The number of fused-ring (bicyclic) bond motifs is 1. The minimum Gasteiger partial charge on any atom is -0.443 e. The van der Waals surface area contributed by atoms with E-state index in [0.29, 0.717) is 11.3 Å². The number of benzene rings is 2. The number of carbonyl (C=O) groups is 1. The minimum atomic E-state index is -4.08. The number of anilines is 1. The topological polar surface area (TPSA) is 140 Å². The number of nitrogens with zero attached hydrogens (tertiary/aromatic N) is 1. The molecule has 2 aliphatic heterocycles. The van der Waals surface area contributed by atoms with Gasteiger partial charge >= 0.3 is 6.09 Å². The van der Waals surface area contributed by atoms with Gasteiger partial charge in [0, 0.05) is 22.9 Å². The second-order valence-electron chi connectivity index (χ2n) is 9.52. The van der Waals surface area contributed by atoms with Gasteiger partial charge < -0.3 is 30.4 Å². The van der Waals surface area contributed by atoms with E-state index in [1.54, 1.807) is 30.3 Å². The molecule has 0 aromatic heterocycles. The first-order chi connectivity index (χ1) is 19.9. The van der Waals surface area contributed by atoms with Crippen LogP contribution in [0.2, 0.25) is 0 Å². The summed E-state index contributed by atoms with van der Waals surface area (Å²) in [5.74, 6) is -2.87. The molecule has 0 aliphatic carbocycles. The van der Waals surface area contributed by atoms with Gasteiger partial charge in [-0.2, -0.15) is 4.31 Å². The Morgan fingerprint density at radius 2 is 1.92 bits per heavy atom. The molecule has 2 heterocycles. The highest BCUT2D eigenvalue weighted by molar-refractivity contribution is 7.89. The van der Waals surface area contributed by atoms with E-state index in [0.717, 1.165) is 4.31 Å². The molecular formula is C27H37N3O7S. The van der Waals surface area contributed by atoms with Crippen molar-refractivity contribution in [2.75, 3.05) is 32.0 Å². The number of aliphatic hydroxyl groups excluding tert-OH is 1. The van der Waals surface area contributed by atoms with Crippen molar-refractivity contribution in [1.29, 1.82) is 0 Å². The van der Waals surface area contributed by atoms with Crippen LogP contribution in [0.5, 0.6) is 0 Å². The molecule has 4 rings (SSSR count). The molecule has 2 saturated heterocycles. The molecule has 38 heavy (non-hydrogen) atoms. The molecule has 208 valence electrons. The molecule has 0 bridgehead atoms. The van der Waals surface area contributed by atoms with E-state index < -0.39 is 72.6 Å². The van der Waals surface area contributed by atoms with Gasteiger partial charge in [-0.25, -0.2) is 13.2 Å². The lowest BCUT2D eigenvalue weighted by atomic mass is 10.0. The summed E-state index contributed by atoms with van der Waals surface area (Å²) in [7, 11) is -4.08. The summed E-state index contributed by atoms with van der Waals surface area (Å²) in [5, 5.41) is 13.9. The van der Waals surface area contributed by atoms with Crippen molar-refractivity contribution in [2.24, 2.45) is 11.8 Å². The molecule has 2 aromatic carbocycles. The van der Waals surface area contributed by atoms with Gasteiger partial charge in [0.2, 0.25) is 10.0 Å². The molecule has 4 N–H and O–H groups in total. The summed E-state index contributed by atoms with van der Waals surface area (Å²) in [6.07, 6.45) is -10.5. The van der Waals surface area contributed by atoms with Crippen LogP contribution >= 0.6 is 0 Å². The minimum absolute atomic E-state index is 0.0217. The molecule has 0 spiro atoms. The Labute approximate surface area is 231 Å². The summed E-state index contributed by atoms with van der Waals surface area (Å²) in [6.45, 7) is 1.77. The fourth-order valence-corrected chi connectivity index (χ4v) is 5.80. The first kappa shape index (κ1) is 22.2. The van der Waals surface area contributed by atoms with Crippen molar-refractivity contribution < 1.29 is 39.4 Å². The van der Waals surface area contributed by atoms with Crippen LogP contribution in [0.4, 0.5) is 10.5 Å². The molecule has 5 atom stereocenters. The van der Waals surface area contributed by atoms with Crippen LogP contribution in [0.15, 0.2) is 59.5 Å².